The van der Waals surface area contributed by atoms with Gasteiger partial charge in [-0.2, -0.15) is 0 Å². The molecule has 3 rings (SSSR count). The third-order valence-corrected chi connectivity index (χ3v) is 3.87. The average molecular weight is 233 g/mol. The van der Waals surface area contributed by atoms with Crippen molar-refractivity contribution in [3.05, 3.63) is 27.4 Å². The lowest BCUT2D eigenvalue weighted by Gasteiger charge is -2.22. The van der Waals surface area contributed by atoms with Gasteiger partial charge in [0.2, 0.25) is 0 Å². The fraction of sp³-hybridized carbons (Fsp3) is 0.692. The van der Waals surface area contributed by atoms with E-state index in [1.54, 1.807) is 0 Å². The first kappa shape index (κ1) is 11.0. The number of rotatable bonds is 2. The molecule has 0 spiro atoms. The van der Waals surface area contributed by atoms with Gasteiger partial charge in [0, 0.05) is 12.0 Å². The average Bonchev–Trinajstić information content (AvgIpc) is 2.79. The van der Waals surface area contributed by atoms with E-state index in [9.17, 15) is 4.79 Å². The first-order valence-electron chi connectivity index (χ1n) is 6.64. The Morgan fingerprint density at radius 1 is 1.29 bits per heavy atom. The number of piperidine rings is 1. The van der Waals surface area contributed by atoms with Gasteiger partial charge in [-0.3, -0.25) is 4.79 Å². The van der Waals surface area contributed by atoms with Crippen molar-refractivity contribution in [1.29, 1.82) is 0 Å². The predicted molar refractivity (Wildman–Crippen MR) is 66.2 cm³/mol. The summed E-state index contributed by atoms with van der Waals surface area (Å²) in [5, 5.41) is 3.40. The van der Waals surface area contributed by atoms with Crippen LogP contribution in [0.5, 0.6) is 0 Å². The van der Waals surface area contributed by atoms with Gasteiger partial charge in [0.15, 0.2) is 0 Å². The van der Waals surface area contributed by atoms with E-state index < -0.39 is 0 Å². The number of aromatic nitrogens is 2. The summed E-state index contributed by atoms with van der Waals surface area (Å²) in [5.74, 6) is 1.52. The van der Waals surface area contributed by atoms with Crippen LogP contribution in [0.2, 0.25) is 0 Å². The SMILES string of the molecule is O=c1[nH]c(CC2CCCNC2)nc2c1CCC2. The van der Waals surface area contributed by atoms with E-state index in [4.69, 9.17) is 0 Å². The van der Waals surface area contributed by atoms with Gasteiger partial charge < -0.3 is 10.3 Å². The van der Waals surface area contributed by atoms with Crippen LogP contribution in [0, 0.1) is 5.92 Å². The molecule has 4 heteroatoms. The van der Waals surface area contributed by atoms with Crippen LogP contribution in [0.25, 0.3) is 0 Å². The van der Waals surface area contributed by atoms with Crippen molar-refractivity contribution in [1.82, 2.24) is 15.3 Å². The smallest absolute Gasteiger partial charge is 0.254 e. The molecule has 92 valence electrons. The van der Waals surface area contributed by atoms with Crippen molar-refractivity contribution in [3.63, 3.8) is 0 Å². The summed E-state index contributed by atoms with van der Waals surface area (Å²) in [5.41, 5.74) is 2.08. The zero-order valence-electron chi connectivity index (χ0n) is 10.1. The van der Waals surface area contributed by atoms with E-state index in [1.165, 1.54) is 12.8 Å². The van der Waals surface area contributed by atoms with Crippen molar-refractivity contribution in [2.75, 3.05) is 13.1 Å². The second-order valence-electron chi connectivity index (χ2n) is 5.21. The number of H-pyrrole nitrogens is 1. The van der Waals surface area contributed by atoms with Crippen molar-refractivity contribution < 1.29 is 0 Å². The van der Waals surface area contributed by atoms with Crippen molar-refractivity contribution in [2.45, 2.75) is 38.5 Å². The molecule has 0 amide bonds. The molecule has 1 aliphatic carbocycles. The Morgan fingerprint density at radius 3 is 3.06 bits per heavy atom. The molecule has 0 bridgehead atoms. The number of nitrogens with one attached hydrogen (secondary N) is 2. The largest absolute Gasteiger partial charge is 0.316 e. The molecule has 1 aromatic heterocycles. The molecule has 0 radical (unpaired) electrons. The van der Waals surface area contributed by atoms with Crippen molar-refractivity contribution in [3.8, 4) is 0 Å². The third-order valence-electron chi connectivity index (χ3n) is 3.87. The monoisotopic (exact) mass is 233 g/mol. The summed E-state index contributed by atoms with van der Waals surface area (Å²) in [7, 11) is 0. The molecule has 0 aromatic carbocycles. The first-order chi connectivity index (χ1) is 8.33. The normalized spacial score (nSPS) is 23.6. The highest BCUT2D eigenvalue weighted by atomic mass is 16.1. The van der Waals surface area contributed by atoms with Gasteiger partial charge in [0.25, 0.3) is 5.56 Å². The fourth-order valence-electron chi connectivity index (χ4n) is 2.96. The topological polar surface area (TPSA) is 57.8 Å². The lowest BCUT2D eigenvalue weighted by molar-refractivity contribution is 0.370. The number of aryl methyl sites for hydroxylation is 1. The summed E-state index contributed by atoms with van der Waals surface area (Å²) in [6, 6.07) is 0. The lowest BCUT2D eigenvalue weighted by Crippen LogP contribution is -2.32. The molecule has 1 saturated heterocycles. The van der Waals surface area contributed by atoms with Gasteiger partial charge >= 0.3 is 0 Å². The standard InChI is InChI=1S/C13H19N3O/c17-13-10-4-1-5-11(10)15-12(16-13)7-9-3-2-6-14-8-9/h9,14H,1-8H2,(H,15,16,17). The van der Waals surface area contributed by atoms with E-state index in [1.807, 2.05) is 0 Å². The van der Waals surface area contributed by atoms with E-state index >= 15 is 0 Å². The van der Waals surface area contributed by atoms with E-state index in [2.05, 4.69) is 15.3 Å². The van der Waals surface area contributed by atoms with Crippen LogP contribution >= 0.6 is 0 Å². The summed E-state index contributed by atoms with van der Waals surface area (Å²) in [4.78, 5) is 19.4. The molecule has 4 nitrogen and oxygen atoms in total. The Bertz CT molecular complexity index is 460. The minimum absolute atomic E-state index is 0.103. The molecule has 1 unspecified atom stereocenters. The Labute approximate surface area is 101 Å². The van der Waals surface area contributed by atoms with Crippen LogP contribution in [-0.4, -0.2) is 23.1 Å². The van der Waals surface area contributed by atoms with Gasteiger partial charge in [-0.15, -0.1) is 0 Å². The van der Waals surface area contributed by atoms with E-state index in [-0.39, 0.29) is 5.56 Å². The van der Waals surface area contributed by atoms with Gasteiger partial charge in [-0.25, -0.2) is 4.98 Å². The van der Waals surface area contributed by atoms with Gasteiger partial charge in [-0.1, -0.05) is 0 Å². The number of fused-ring (bicyclic) bond motifs is 1. The van der Waals surface area contributed by atoms with E-state index in [0.717, 1.165) is 55.9 Å². The predicted octanol–water partition coefficient (Wildman–Crippen LogP) is 0.801. The summed E-state index contributed by atoms with van der Waals surface area (Å²) < 4.78 is 0. The molecule has 1 aromatic rings. The van der Waals surface area contributed by atoms with Crippen LogP contribution in [0.1, 0.15) is 36.3 Å². The fourth-order valence-corrected chi connectivity index (χ4v) is 2.96. The third kappa shape index (κ3) is 2.27. The first-order valence-corrected chi connectivity index (χ1v) is 6.64. The molecule has 1 atom stereocenters. The van der Waals surface area contributed by atoms with Crippen LogP contribution < -0.4 is 10.9 Å². The summed E-state index contributed by atoms with van der Waals surface area (Å²) in [6.07, 6.45) is 6.36. The van der Waals surface area contributed by atoms with Gasteiger partial charge in [-0.05, 0) is 51.1 Å². The highest BCUT2D eigenvalue weighted by molar-refractivity contribution is 5.22. The Kier molecular flexibility index (Phi) is 2.97. The molecule has 0 saturated carbocycles. The number of nitrogens with zero attached hydrogens (tertiary/aromatic N) is 1. The maximum Gasteiger partial charge on any atom is 0.254 e. The van der Waals surface area contributed by atoms with Crippen molar-refractivity contribution >= 4 is 0 Å². The van der Waals surface area contributed by atoms with Crippen LogP contribution in [0.15, 0.2) is 4.79 Å². The molecule has 2 aliphatic rings. The maximum atomic E-state index is 11.9. The highest BCUT2D eigenvalue weighted by Crippen LogP contribution is 2.18. The molecule has 1 aliphatic heterocycles. The minimum Gasteiger partial charge on any atom is -0.316 e. The molecular formula is C13H19N3O. The minimum atomic E-state index is 0.103. The quantitative estimate of drug-likeness (QED) is 0.794. The highest BCUT2D eigenvalue weighted by Gasteiger charge is 2.19. The van der Waals surface area contributed by atoms with Crippen LogP contribution in [0.4, 0.5) is 0 Å². The molecule has 2 N–H and O–H groups in total. The number of hydrogen-bond donors (Lipinski definition) is 2. The number of hydrogen-bond acceptors (Lipinski definition) is 3. The maximum absolute atomic E-state index is 11.9. The summed E-state index contributed by atoms with van der Waals surface area (Å²) >= 11 is 0. The molecule has 2 heterocycles. The number of aromatic amines is 1. The lowest BCUT2D eigenvalue weighted by atomic mass is 9.96. The van der Waals surface area contributed by atoms with Crippen molar-refractivity contribution in [2.24, 2.45) is 5.92 Å². The molecular weight excluding hydrogens is 214 g/mol. The van der Waals surface area contributed by atoms with Gasteiger partial charge in [0.05, 0.1) is 5.69 Å². The summed E-state index contributed by atoms with van der Waals surface area (Å²) in [6.45, 7) is 2.19. The molecule has 1 fully saturated rings. The second kappa shape index (κ2) is 4.61. The van der Waals surface area contributed by atoms with Crippen LogP contribution in [-0.2, 0) is 19.3 Å². The van der Waals surface area contributed by atoms with E-state index in [0.29, 0.717) is 5.92 Å². The zero-order chi connectivity index (χ0) is 11.7. The Balaban J connectivity index is 1.79. The Hall–Kier alpha value is -1.16. The Morgan fingerprint density at radius 2 is 2.24 bits per heavy atom. The van der Waals surface area contributed by atoms with Gasteiger partial charge in [0.1, 0.15) is 5.82 Å². The molecule has 17 heavy (non-hydrogen) atoms. The van der Waals surface area contributed by atoms with Crippen LogP contribution in [0.3, 0.4) is 0 Å². The zero-order valence-corrected chi connectivity index (χ0v) is 10.1. The second-order valence-corrected chi connectivity index (χ2v) is 5.21.